The van der Waals surface area contributed by atoms with E-state index in [2.05, 4.69) is 10.9 Å². The zero-order valence-corrected chi connectivity index (χ0v) is 15.6. The molecular formula is C21H36N2O2. The van der Waals surface area contributed by atoms with Crippen molar-refractivity contribution in [2.45, 2.75) is 95.6 Å². The van der Waals surface area contributed by atoms with Gasteiger partial charge < -0.3 is 5.11 Å². The standard InChI is InChI=1S/C21H36N2O2/c24-20-13-17-11-15-7-5-4-6-14(15)10-16(17)12-19(20)21(25)23-22-18-8-2-1-3-9-18/h14-20,22,24H,1-13H2,(H,23,25). The number of hydrogen-bond acceptors (Lipinski definition) is 3. The Kier molecular flexibility index (Phi) is 5.66. The van der Waals surface area contributed by atoms with E-state index < -0.39 is 6.10 Å². The van der Waals surface area contributed by atoms with Crippen LogP contribution in [-0.4, -0.2) is 23.2 Å². The molecule has 4 saturated carbocycles. The van der Waals surface area contributed by atoms with Crippen LogP contribution in [0.4, 0.5) is 0 Å². The lowest BCUT2D eigenvalue weighted by molar-refractivity contribution is -0.135. The molecule has 4 fully saturated rings. The molecule has 4 rings (SSSR count). The summed E-state index contributed by atoms with van der Waals surface area (Å²) in [5, 5.41) is 10.6. The highest BCUT2D eigenvalue weighted by Gasteiger charge is 2.45. The number of aliphatic hydroxyl groups is 1. The fraction of sp³-hybridized carbons (Fsp3) is 0.952. The van der Waals surface area contributed by atoms with Crippen LogP contribution in [0.3, 0.4) is 0 Å². The quantitative estimate of drug-likeness (QED) is 0.684. The van der Waals surface area contributed by atoms with Crippen molar-refractivity contribution in [1.29, 1.82) is 0 Å². The van der Waals surface area contributed by atoms with Crippen LogP contribution in [0.2, 0.25) is 0 Å². The molecule has 6 atom stereocenters. The second-order valence-corrected chi connectivity index (χ2v) is 9.41. The summed E-state index contributed by atoms with van der Waals surface area (Å²) >= 11 is 0. The average Bonchev–Trinajstić information content (AvgIpc) is 2.65. The normalized spacial score (nSPS) is 42.3. The van der Waals surface area contributed by atoms with Gasteiger partial charge in [0.25, 0.3) is 0 Å². The average molecular weight is 349 g/mol. The molecule has 0 aromatic heterocycles. The molecule has 4 heteroatoms. The van der Waals surface area contributed by atoms with E-state index >= 15 is 0 Å². The van der Waals surface area contributed by atoms with Crippen LogP contribution < -0.4 is 10.9 Å². The first-order valence-corrected chi connectivity index (χ1v) is 10.9. The predicted molar refractivity (Wildman–Crippen MR) is 98.5 cm³/mol. The van der Waals surface area contributed by atoms with Gasteiger partial charge in [-0.15, -0.1) is 0 Å². The third-order valence-corrected chi connectivity index (χ3v) is 7.85. The molecule has 4 aliphatic rings. The Morgan fingerprint density at radius 1 is 0.720 bits per heavy atom. The molecule has 0 aliphatic heterocycles. The molecule has 0 aromatic carbocycles. The molecule has 3 N–H and O–H groups in total. The topological polar surface area (TPSA) is 61.4 Å². The van der Waals surface area contributed by atoms with E-state index in [0.717, 1.165) is 37.5 Å². The van der Waals surface area contributed by atoms with Crippen LogP contribution in [0.15, 0.2) is 0 Å². The van der Waals surface area contributed by atoms with Crippen LogP contribution >= 0.6 is 0 Å². The molecule has 0 heterocycles. The van der Waals surface area contributed by atoms with E-state index in [-0.39, 0.29) is 11.8 Å². The minimum Gasteiger partial charge on any atom is -0.392 e. The summed E-state index contributed by atoms with van der Waals surface area (Å²) in [6, 6.07) is 0.420. The molecule has 1 amide bonds. The van der Waals surface area contributed by atoms with Crippen molar-refractivity contribution in [2.24, 2.45) is 29.6 Å². The number of nitrogens with one attached hydrogen (secondary N) is 2. The molecule has 0 aromatic rings. The molecule has 0 spiro atoms. The lowest BCUT2D eigenvalue weighted by Crippen LogP contribution is -2.52. The van der Waals surface area contributed by atoms with Gasteiger partial charge in [0.1, 0.15) is 0 Å². The maximum absolute atomic E-state index is 12.7. The first-order chi connectivity index (χ1) is 12.2. The van der Waals surface area contributed by atoms with Crippen LogP contribution in [0.5, 0.6) is 0 Å². The van der Waals surface area contributed by atoms with Gasteiger partial charge in [0, 0.05) is 6.04 Å². The number of carbonyl (C=O) groups excluding carboxylic acids is 1. The number of fused-ring (bicyclic) bond motifs is 2. The first-order valence-electron chi connectivity index (χ1n) is 10.9. The van der Waals surface area contributed by atoms with Crippen molar-refractivity contribution in [3.05, 3.63) is 0 Å². The fourth-order valence-corrected chi connectivity index (χ4v) is 6.40. The van der Waals surface area contributed by atoms with Gasteiger partial charge in [-0.05, 0) is 62.2 Å². The lowest BCUT2D eigenvalue weighted by atomic mass is 9.58. The van der Waals surface area contributed by atoms with Crippen LogP contribution in [0, 0.1) is 29.6 Å². The van der Waals surface area contributed by atoms with Gasteiger partial charge in [-0.2, -0.15) is 0 Å². The van der Waals surface area contributed by atoms with E-state index in [1.54, 1.807) is 0 Å². The summed E-state index contributed by atoms with van der Waals surface area (Å²) in [6.07, 6.45) is 15.6. The zero-order chi connectivity index (χ0) is 17.2. The van der Waals surface area contributed by atoms with Crippen LogP contribution in [-0.2, 0) is 4.79 Å². The van der Waals surface area contributed by atoms with Crippen LogP contribution in [0.25, 0.3) is 0 Å². The Bertz CT molecular complexity index is 463. The summed E-state index contributed by atoms with van der Waals surface area (Å²) in [5.74, 6) is 2.94. The fourth-order valence-electron chi connectivity index (χ4n) is 6.40. The Labute approximate surface area is 152 Å². The van der Waals surface area contributed by atoms with Gasteiger partial charge >= 0.3 is 0 Å². The number of carbonyl (C=O) groups is 1. The largest absolute Gasteiger partial charge is 0.392 e. The Hall–Kier alpha value is -0.610. The minimum atomic E-state index is -0.449. The second-order valence-electron chi connectivity index (χ2n) is 9.41. The SMILES string of the molecule is O=C(NNC1CCCCC1)C1CC2CC3CCCCC3CC2CC1O. The summed E-state index contributed by atoms with van der Waals surface area (Å²) in [6.45, 7) is 0. The highest BCUT2D eigenvalue weighted by molar-refractivity contribution is 5.78. The highest BCUT2D eigenvalue weighted by atomic mass is 16.3. The number of hydrazine groups is 1. The van der Waals surface area contributed by atoms with E-state index in [9.17, 15) is 9.90 Å². The summed E-state index contributed by atoms with van der Waals surface area (Å²) < 4.78 is 0. The van der Waals surface area contributed by atoms with Crippen molar-refractivity contribution < 1.29 is 9.90 Å². The molecule has 25 heavy (non-hydrogen) atoms. The summed E-state index contributed by atoms with van der Waals surface area (Å²) in [7, 11) is 0. The van der Waals surface area contributed by atoms with Gasteiger partial charge in [0.15, 0.2) is 0 Å². The molecule has 6 unspecified atom stereocenters. The van der Waals surface area contributed by atoms with Crippen molar-refractivity contribution in [1.82, 2.24) is 10.9 Å². The third kappa shape index (κ3) is 4.05. The summed E-state index contributed by atoms with van der Waals surface area (Å²) in [4.78, 5) is 12.7. The van der Waals surface area contributed by atoms with Crippen molar-refractivity contribution in [3.63, 3.8) is 0 Å². The summed E-state index contributed by atoms with van der Waals surface area (Å²) in [5.41, 5.74) is 6.20. The third-order valence-electron chi connectivity index (χ3n) is 7.85. The molecular weight excluding hydrogens is 312 g/mol. The van der Waals surface area contributed by atoms with E-state index in [1.807, 2.05) is 0 Å². The predicted octanol–water partition coefficient (Wildman–Crippen LogP) is 3.54. The zero-order valence-electron chi connectivity index (χ0n) is 15.6. The van der Waals surface area contributed by atoms with Gasteiger partial charge in [-0.25, -0.2) is 5.43 Å². The number of hydrogen-bond donors (Lipinski definition) is 3. The Balaban J connectivity index is 1.31. The lowest BCUT2D eigenvalue weighted by Gasteiger charge is -2.48. The van der Waals surface area contributed by atoms with Gasteiger partial charge in [-0.3, -0.25) is 10.2 Å². The van der Waals surface area contributed by atoms with Crippen molar-refractivity contribution in [3.8, 4) is 0 Å². The Morgan fingerprint density at radius 2 is 1.32 bits per heavy atom. The molecule has 142 valence electrons. The maximum Gasteiger partial charge on any atom is 0.239 e. The highest BCUT2D eigenvalue weighted by Crippen LogP contribution is 2.51. The second kappa shape index (κ2) is 7.96. The molecule has 0 bridgehead atoms. The number of amides is 1. The minimum absolute atomic E-state index is 0.0299. The molecule has 0 saturated heterocycles. The number of rotatable bonds is 3. The first kappa shape index (κ1) is 17.8. The van der Waals surface area contributed by atoms with Crippen molar-refractivity contribution >= 4 is 5.91 Å². The number of aliphatic hydroxyl groups excluding tert-OH is 1. The van der Waals surface area contributed by atoms with Gasteiger partial charge in [-0.1, -0.05) is 44.9 Å². The Morgan fingerprint density at radius 3 is 2.00 bits per heavy atom. The molecule has 4 aliphatic carbocycles. The van der Waals surface area contributed by atoms with Crippen LogP contribution in [0.1, 0.15) is 83.5 Å². The van der Waals surface area contributed by atoms with Gasteiger partial charge in [0.2, 0.25) is 5.91 Å². The van der Waals surface area contributed by atoms with E-state index in [4.69, 9.17) is 0 Å². The maximum atomic E-state index is 12.7. The van der Waals surface area contributed by atoms with E-state index in [0.29, 0.717) is 17.9 Å². The molecule has 4 nitrogen and oxygen atoms in total. The molecule has 0 radical (unpaired) electrons. The smallest absolute Gasteiger partial charge is 0.239 e. The van der Waals surface area contributed by atoms with Gasteiger partial charge in [0.05, 0.1) is 12.0 Å². The monoisotopic (exact) mass is 348 g/mol. The van der Waals surface area contributed by atoms with Crippen molar-refractivity contribution in [2.75, 3.05) is 0 Å². The van der Waals surface area contributed by atoms with E-state index in [1.165, 1.54) is 57.8 Å².